The Kier molecular flexibility index (Phi) is 10.9. The van der Waals surface area contributed by atoms with Gasteiger partial charge in [-0.1, -0.05) is 44.2 Å². The summed E-state index contributed by atoms with van der Waals surface area (Å²) in [4.78, 5) is 23.8. The molecule has 170 valence electrons. The third-order valence-corrected chi connectivity index (χ3v) is 6.27. The van der Waals surface area contributed by atoms with E-state index >= 15 is 0 Å². The fourth-order valence-corrected chi connectivity index (χ4v) is 3.36. The molecule has 1 atom stereocenters. The summed E-state index contributed by atoms with van der Waals surface area (Å²) in [5.41, 5.74) is 5.02. The smallest absolute Gasteiger partial charge is 0.311 e. The highest BCUT2D eigenvalue weighted by Gasteiger charge is 2.46. The van der Waals surface area contributed by atoms with Crippen LogP contribution in [0.25, 0.3) is 0 Å². The molecule has 1 aromatic rings. The molecule has 6 heteroatoms. The van der Waals surface area contributed by atoms with Crippen molar-refractivity contribution in [1.82, 2.24) is 5.32 Å². The van der Waals surface area contributed by atoms with Crippen LogP contribution in [0.5, 0.6) is 5.75 Å². The Hall–Kier alpha value is -2.08. The number of unbranched alkanes of at least 4 members (excludes halogenated alkanes) is 6. The number of hydrogen-bond donors (Lipinski definition) is 3. The molecule has 0 aromatic heterocycles. The lowest BCUT2D eigenvalue weighted by Crippen LogP contribution is -2.63. The molecule has 0 fully saturated rings. The first-order valence-electron chi connectivity index (χ1n) is 11.0. The van der Waals surface area contributed by atoms with E-state index in [-0.39, 0.29) is 12.5 Å². The molecule has 0 saturated carbocycles. The lowest BCUT2D eigenvalue weighted by molar-refractivity contribution is -0.152. The minimum Gasteiger partial charge on any atom is -0.497 e. The minimum atomic E-state index is -1.14. The van der Waals surface area contributed by atoms with Gasteiger partial charge in [0.05, 0.1) is 18.1 Å². The second-order valence-electron chi connectivity index (χ2n) is 8.84. The topological polar surface area (TPSA) is 102 Å². The summed E-state index contributed by atoms with van der Waals surface area (Å²) >= 11 is 0. The number of carbonyl (C=O) groups is 2. The van der Waals surface area contributed by atoms with Crippen molar-refractivity contribution in [3.63, 3.8) is 0 Å². The first-order valence-corrected chi connectivity index (χ1v) is 11.0. The van der Waals surface area contributed by atoms with Gasteiger partial charge in [0, 0.05) is 13.0 Å². The largest absolute Gasteiger partial charge is 0.497 e. The molecule has 0 saturated heterocycles. The van der Waals surface area contributed by atoms with Crippen LogP contribution >= 0.6 is 0 Å². The van der Waals surface area contributed by atoms with E-state index in [4.69, 9.17) is 10.5 Å². The van der Waals surface area contributed by atoms with Crippen LogP contribution < -0.4 is 15.8 Å². The number of ether oxygens (including phenoxy) is 1. The van der Waals surface area contributed by atoms with Crippen LogP contribution in [-0.2, 0) is 16.0 Å². The predicted octanol–water partition coefficient (Wildman–Crippen LogP) is 4.30. The van der Waals surface area contributed by atoms with Crippen LogP contribution in [0.1, 0.15) is 77.7 Å². The number of nitrogens with one attached hydrogen (secondary N) is 1. The third-order valence-electron chi connectivity index (χ3n) is 6.27. The maximum atomic E-state index is 12.3. The molecule has 30 heavy (non-hydrogen) atoms. The predicted molar refractivity (Wildman–Crippen MR) is 121 cm³/mol. The minimum absolute atomic E-state index is 0.0779. The Labute approximate surface area is 181 Å². The number of methoxy groups -OCH3 is 1. The third kappa shape index (κ3) is 7.98. The number of carboxylic acids is 1. The molecule has 0 spiro atoms. The Morgan fingerprint density at radius 2 is 1.50 bits per heavy atom. The van der Waals surface area contributed by atoms with E-state index in [2.05, 4.69) is 17.4 Å². The Bertz CT molecular complexity index is 658. The van der Waals surface area contributed by atoms with Crippen molar-refractivity contribution in [3.8, 4) is 5.75 Å². The van der Waals surface area contributed by atoms with Crippen molar-refractivity contribution in [2.45, 2.75) is 84.1 Å². The second kappa shape index (κ2) is 12.6. The van der Waals surface area contributed by atoms with Gasteiger partial charge < -0.3 is 20.9 Å². The number of nitrogens with two attached hydrogens (primary N) is 1. The lowest BCUT2D eigenvalue weighted by atomic mass is 9.73. The summed E-state index contributed by atoms with van der Waals surface area (Å²) in [6.45, 7) is 4.97. The molecular weight excluding hydrogens is 380 g/mol. The summed E-state index contributed by atoms with van der Waals surface area (Å²) < 4.78 is 5.17. The van der Waals surface area contributed by atoms with Crippen LogP contribution in [-0.4, -0.2) is 36.2 Å². The fraction of sp³-hybridized carbons (Fsp3) is 0.667. The van der Waals surface area contributed by atoms with E-state index in [1.807, 2.05) is 12.1 Å². The van der Waals surface area contributed by atoms with Gasteiger partial charge in [-0.15, -0.1) is 0 Å². The first kappa shape index (κ1) is 26.0. The number of hydrogen-bond acceptors (Lipinski definition) is 4. The monoisotopic (exact) mass is 420 g/mol. The molecule has 1 amide bonds. The van der Waals surface area contributed by atoms with Crippen LogP contribution in [0.4, 0.5) is 0 Å². The van der Waals surface area contributed by atoms with E-state index < -0.39 is 16.9 Å². The molecule has 1 unspecified atom stereocenters. The van der Waals surface area contributed by atoms with Crippen LogP contribution in [0, 0.1) is 5.41 Å². The van der Waals surface area contributed by atoms with E-state index in [9.17, 15) is 14.7 Å². The van der Waals surface area contributed by atoms with Gasteiger partial charge in [0.25, 0.3) is 0 Å². The van der Waals surface area contributed by atoms with Gasteiger partial charge in [-0.2, -0.15) is 0 Å². The summed E-state index contributed by atoms with van der Waals surface area (Å²) in [7, 11) is 1.68. The van der Waals surface area contributed by atoms with Gasteiger partial charge in [-0.3, -0.25) is 9.59 Å². The van der Waals surface area contributed by atoms with Crippen molar-refractivity contribution in [2.24, 2.45) is 11.1 Å². The highest BCUT2D eigenvalue weighted by Crippen LogP contribution is 2.30. The van der Waals surface area contributed by atoms with Gasteiger partial charge in [-0.05, 0) is 57.7 Å². The van der Waals surface area contributed by atoms with E-state index in [0.717, 1.165) is 31.4 Å². The summed E-state index contributed by atoms with van der Waals surface area (Å²) in [6.07, 6.45) is 9.22. The maximum absolute atomic E-state index is 12.3. The first-order chi connectivity index (χ1) is 14.2. The average molecular weight is 421 g/mol. The Morgan fingerprint density at radius 1 is 0.967 bits per heavy atom. The maximum Gasteiger partial charge on any atom is 0.311 e. The van der Waals surface area contributed by atoms with E-state index in [1.165, 1.54) is 31.2 Å². The number of benzene rings is 1. The number of carbonyl (C=O) groups excluding carboxylic acids is 1. The number of rotatable bonds is 15. The molecule has 0 bridgehead atoms. The van der Waals surface area contributed by atoms with Gasteiger partial charge in [0.15, 0.2) is 0 Å². The highest BCUT2D eigenvalue weighted by atomic mass is 16.5. The van der Waals surface area contributed by atoms with Crippen LogP contribution in [0.3, 0.4) is 0 Å². The molecular formula is C24H40N2O4. The van der Waals surface area contributed by atoms with Crippen LogP contribution in [0.15, 0.2) is 24.3 Å². The molecule has 1 rings (SSSR count). The number of aryl methyl sites for hydroxylation is 1. The molecule has 0 radical (unpaired) electrons. The average Bonchev–Trinajstić information content (AvgIpc) is 2.72. The Balaban J connectivity index is 2.14. The molecule has 4 N–H and O–H groups in total. The standard InChI is InChI=1S/C24H40N2O4/c1-23(2,22(28)29)24(3,18-25)26-21(27)13-11-9-7-5-6-8-10-12-19-14-16-20(30-4)17-15-19/h14-17H,5-13,18,25H2,1-4H3,(H,26,27)(H,28,29). The lowest BCUT2D eigenvalue weighted by Gasteiger charge is -2.41. The van der Waals surface area contributed by atoms with E-state index in [0.29, 0.717) is 6.42 Å². The summed E-state index contributed by atoms with van der Waals surface area (Å²) in [5.74, 6) is -0.204. The van der Waals surface area contributed by atoms with Crippen molar-refractivity contribution in [3.05, 3.63) is 29.8 Å². The number of carboxylic acid groups (broad SMARTS) is 1. The van der Waals surface area contributed by atoms with Crippen molar-refractivity contribution < 1.29 is 19.4 Å². The Morgan fingerprint density at radius 3 is 2.00 bits per heavy atom. The second-order valence-corrected chi connectivity index (χ2v) is 8.84. The SMILES string of the molecule is COc1ccc(CCCCCCCCCC(=O)NC(C)(CN)C(C)(C)C(=O)O)cc1. The zero-order valence-electron chi connectivity index (χ0n) is 19.1. The van der Waals surface area contributed by atoms with Crippen molar-refractivity contribution in [2.75, 3.05) is 13.7 Å². The molecule has 6 nitrogen and oxygen atoms in total. The quantitative estimate of drug-likeness (QED) is 0.367. The van der Waals surface area contributed by atoms with Crippen LogP contribution in [0.2, 0.25) is 0 Å². The van der Waals surface area contributed by atoms with Crippen molar-refractivity contribution >= 4 is 11.9 Å². The van der Waals surface area contributed by atoms with E-state index in [1.54, 1.807) is 27.9 Å². The summed E-state index contributed by atoms with van der Waals surface area (Å²) in [6, 6.07) is 8.25. The fourth-order valence-electron chi connectivity index (χ4n) is 3.36. The van der Waals surface area contributed by atoms with Gasteiger partial charge in [0.2, 0.25) is 5.91 Å². The molecule has 0 heterocycles. The number of amides is 1. The van der Waals surface area contributed by atoms with Crippen molar-refractivity contribution in [1.29, 1.82) is 0 Å². The normalized spacial score (nSPS) is 13.5. The molecule has 0 aliphatic carbocycles. The molecule has 0 aliphatic rings. The molecule has 1 aromatic carbocycles. The van der Waals surface area contributed by atoms with Gasteiger partial charge in [0.1, 0.15) is 5.75 Å². The zero-order chi connectivity index (χ0) is 22.6. The van der Waals surface area contributed by atoms with Gasteiger partial charge in [-0.25, -0.2) is 0 Å². The zero-order valence-corrected chi connectivity index (χ0v) is 19.1. The molecule has 0 aliphatic heterocycles. The number of aliphatic carboxylic acids is 1. The van der Waals surface area contributed by atoms with Gasteiger partial charge >= 0.3 is 5.97 Å². The summed E-state index contributed by atoms with van der Waals surface area (Å²) in [5, 5.41) is 12.3. The highest BCUT2D eigenvalue weighted by molar-refractivity contribution is 5.80.